The van der Waals surface area contributed by atoms with Crippen LogP contribution in [0.15, 0.2) is 6.33 Å². The second kappa shape index (κ2) is 31.2. The van der Waals surface area contributed by atoms with E-state index in [-0.39, 0.29) is 12.3 Å². The lowest BCUT2D eigenvalue weighted by molar-refractivity contribution is -0.202. The first kappa shape index (κ1) is 55.5. The Bertz CT molecular complexity index is 1540. The number of nitrogens with one attached hydrogen (secondary N) is 1. The van der Waals surface area contributed by atoms with Gasteiger partial charge in [-0.15, -0.1) is 0 Å². The van der Waals surface area contributed by atoms with Crippen LogP contribution in [0.3, 0.4) is 0 Å². The van der Waals surface area contributed by atoms with Crippen molar-refractivity contribution < 1.29 is 42.1 Å². The molecule has 0 spiro atoms. The van der Waals surface area contributed by atoms with Gasteiger partial charge in [-0.2, -0.15) is 0 Å². The lowest BCUT2D eigenvalue weighted by Gasteiger charge is -2.26. The summed E-state index contributed by atoms with van der Waals surface area (Å²) in [5, 5.41) is 13.8. The van der Waals surface area contributed by atoms with Gasteiger partial charge in [0.05, 0.1) is 25.2 Å². The van der Waals surface area contributed by atoms with Crippen molar-refractivity contribution in [3.63, 3.8) is 0 Å². The van der Waals surface area contributed by atoms with Crippen LogP contribution in [0.1, 0.15) is 213 Å². The maximum absolute atomic E-state index is 16.4. The molecule has 3 heterocycles. The molecule has 1 aliphatic rings. The number of halogens is 2. The summed E-state index contributed by atoms with van der Waals surface area (Å²) >= 11 is 0. The van der Waals surface area contributed by atoms with Gasteiger partial charge >= 0.3 is 7.60 Å². The molecule has 0 aromatic carbocycles. The van der Waals surface area contributed by atoms with Crippen LogP contribution in [-0.2, 0) is 23.3 Å². The van der Waals surface area contributed by atoms with Crippen molar-refractivity contribution in [2.45, 2.75) is 237 Å². The Morgan fingerprint density at radius 3 is 1.71 bits per heavy atom. The minimum absolute atomic E-state index is 0.0824. The number of ether oxygens (including phenoxy) is 3. The molecule has 1 fully saturated rings. The smallest absolute Gasteiger partial charge is 0.331 e. The predicted molar refractivity (Wildman–Crippen MR) is 251 cm³/mol. The third-order valence-electron chi connectivity index (χ3n) is 12.5. The van der Waals surface area contributed by atoms with Crippen LogP contribution in [0.25, 0.3) is 11.2 Å². The van der Waals surface area contributed by atoms with Crippen LogP contribution in [0.2, 0.25) is 0 Å². The van der Waals surface area contributed by atoms with Crippen LogP contribution in [-0.4, -0.2) is 92.9 Å². The van der Waals surface area contributed by atoms with E-state index in [2.05, 4.69) is 34.1 Å². The summed E-state index contributed by atoms with van der Waals surface area (Å²) in [7, 11) is -2.89. The summed E-state index contributed by atoms with van der Waals surface area (Å²) in [4.78, 5) is 23.9. The number of nitrogens with zero attached hydrogens (tertiary/aromatic N) is 4. The number of rotatable bonds is 40. The summed E-state index contributed by atoms with van der Waals surface area (Å²) in [6.07, 6.45) is 30.9. The normalized spacial score (nSPS) is 21.7. The molecule has 1 saturated heterocycles. The van der Waals surface area contributed by atoms with Crippen LogP contribution < -0.4 is 5.32 Å². The van der Waals surface area contributed by atoms with Gasteiger partial charge in [-0.25, -0.2) is 23.7 Å². The minimum atomic E-state index is -4.54. The molecule has 6 atom stereocenters. The lowest BCUT2D eigenvalue weighted by atomic mass is 9.97. The van der Waals surface area contributed by atoms with Crippen molar-refractivity contribution >= 4 is 24.6 Å². The lowest BCUT2D eigenvalue weighted by Crippen LogP contribution is -2.46. The topological polar surface area (TPSA) is 150 Å². The Labute approximate surface area is 379 Å². The van der Waals surface area contributed by atoms with Crippen LogP contribution in [0.5, 0.6) is 0 Å². The molecule has 2 unspecified atom stereocenters. The number of imidazole rings is 1. The first-order valence-corrected chi connectivity index (χ1v) is 26.9. The van der Waals surface area contributed by atoms with Crippen molar-refractivity contribution in [3.8, 4) is 0 Å². The number of hydrogen-bond acceptors (Lipinski definition) is 10. The Kier molecular flexibility index (Phi) is 27.5. The van der Waals surface area contributed by atoms with E-state index in [9.17, 15) is 14.6 Å². The number of aromatic nitrogens is 4. The zero-order valence-electron chi connectivity index (χ0n) is 40.1. The van der Waals surface area contributed by atoms with Gasteiger partial charge in [0.25, 0.3) is 5.85 Å². The van der Waals surface area contributed by atoms with E-state index in [1.165, 1.54) is 152 Å². The van der Waals surface area contributed by atoms with Gasteiger partial charge in [0.2, 0.25) is 0 Å². The average Bonchev–Trinajstić information content (AvgIpc) is 3.75. The predicted octanol–water partition coefficient (Wildman–Crippen LogP) is 13.0. The van der Waals surface area contributed by atoms with Gasteiger partial charge < -0.3 is 34.1 Å². The average molecular weight is 916 g/mol. The summed E-state index contributed by atoms with van der Waals surface area (Å²) in [5.74, 6) is -2.42. The van der Waals surface area contributed by atoms with E-state index in [0.717, 1.165) is 45.4 Å². The standard InChI is InChI=1S/C48H88F2N5O7P/c1-6-8-10-12-14-16-18-20-22-24-26-28-30-32-34-59-36-41(60-35-33-31-29-27-25-23-21-19-17-15-13-11-9-7-2)37-63(57,58)61-38-48(50)45(56)47(4,49)46(62-48)55-39-52-42-43(51-5)53-40(3)54-44(42)55/h39,41,45-46,56H,6-38H2,1-5H3,(H,57,58)(H,51,53,54)/t41?,45-,46+,47+,48+/m0/s1. The number of aliphatic hydroxyl groups excluding tert-OH is 1. The highest BCUT2D eigenvalue weighted by atomic mass is 31.2. The van der Waals surface area contributed by atoms with Crippen molar-refractivity contribution in [1.29, 1.82) is 0 Å². The molecule has 0 amide bonds. The number of alkyl halides is 2. The SMILES string of the molecule is CCCCCCCCCCCCCCCCOCC(CP(=O)(O)OC[C@@]1(F)O[C@@H](n2cnc3c(NC)nc(C)nc32)[C@](C)(F)[C@@H]1O)OCCCCCCCCCCCCCCCC. The minimum Gasteiger partial charge on any atom is -0.384 e. The number of anilines is 1. The molecule has 0 radical (unpaired) electrons. The Balaban J connectivity index is 1.44. The van der Waals surface area contributed by atoms with E-state index < -0.39 is 50.3 Å². The number of aliphatic hydroxyl groups is 1. The molecule has 366 valence electrons. The van der Waals surface area contributed by atoms with Gasteiger partial charge in [0, 0.05) is 20.3 Å². The quantitative estimate of drug-likeness (QED) is 0.0433. The zero-order chi connectivity index (χ0) is 45.8. The molecule has 15 heteroatoms. The maximum Gasteiger partial charge on any atom is 0.331 e. The second-order valence-corrected chi connectivity index (χ2v) is 20.3. The van der Waals surface area contributed by atoms with Crippen molar-refractivity contribution in [3.05, 3.63) is 12.2 Å². The number of hydrogen-bond donors (Lipinski definition) is 3. The fourth-order valence-electron chi connectivity index (χ4n) is 8.55. The Morgan fingerprint density at radius 2 is 1.24 bits per heavy atom. The molecular formula is C48H88F2N5O7P. The van der Waals surface area contributed by atoms with Crippen molar-refractivity contribution in [2.75, 3.05) is 45.0 Å². The van der Waals surface area contributed by atoms with Gasteiger partial charge in [-0.05, 0) is 26.7 Å². The van der Waals surface area contributed by atoms with Crippen LogP contribution in [0.4, 0.5) is 14.6 Å². The van der Waals surface area contributed by atoms with E-state index >= 15 is 8.78 Å². The molecule has 12 nitrogen and oxygen atoms in total. The number of fused-ring (bicyclic) bond motifs is 1. The number of unbranched alkanes of at least 4 members (excludes halogenated alkanes) is 26. The third-order valence-corrected chi connectivity index (χ3v) is 13.9. The molecular weight excluding hydrogens is 828 g/mol. The molecule has 1 aliphatic heterocycles. The monoisotopic (exact) mass is 916 g/mol. The highest BCUT2D eigenvalue weighted by Crippen LogP contribution is 2.51. The van der Waals surface area contributed by atoms with E-state index in [0.29, 0.717) is 30.4 Å². The first-order chi connectivity index (χ1) is 30.4. The van der Waals surface area contributed by atoms with Gasteiger partial charge in [-0.3, -0.25) is 9.13 Å². The highest BCUT2D eigenvalue weighted by Gasteiger charge is 2.65. The molecule has 0 saturated carbocycles. The summed E-state index contributed by atoms with van der Waals surface area (Å²) < 4.78 is 70.0. The van der Waals surface area contributed by atoms with Crippen LogP contribution in [0, 0.1) is 6.92 Å². The molecule has 3 N–H and O–H groups in total. The Morgan fingerprint density at radius 1 is 0.778 bits per heavy atom. The highest BCUT2D eigenvalue weighted by molar-refractivity contribution is 7.52. The van der Waals surface area contributed by atoms with E-state index in [1.54, 1.807) is 14.0 Å². The summed E-state index contributed by atoms with van der Waals surface area (Å²) in [6, 6.07) is 0. The fraction of sp³-hybridized carbons (Fsp3) is 0.896. The van der Waals surface area contributed by atoms with Crippen molar-refractivity contribution in [1.82, 2.24) is 19.5 Å². The largest absolute Gasteiger partial charge is 0.384 e. The molecule has 63 heavy (non-hydrogen) atoms. The van der Waals surface area contributed by atoms with Gasteiger partial charge in [0.1, 0.15) is 12.4 Å². The molecule has 0 bridgehead atoms. The second-order valence-electron chi connectivity index (χ2n) is 18.4. The first-order valence-electron chi connectivity index (χ1n) is 25.2. The van der Waals surface area contributed by atoms with E-state index in [1.807, 2.05) is 0 Å². The molecule has 2 aromatic rings. The van der Waals surface area contributed by atoms with Gasteiger partial charge in [0.15, 0.2) is 35.0 Å². The molecule has 3 rings (SSSR count). The van der Waals surface area contributed by atoms with Gasteiger partial charge in [-0.1, -0.05) is 181 Å². The number of aryl methyl sites for hydroxylation is 1. The summed E-state index contributed by atoms with van der Waals surface area (Å²) in [6.45, 7) is 6.93. The maximum atomic E-state index is 16.4. The fourth-order valence-corrected chi connectivity index (χ4v) is 9.76. The third kappa shape index (κ3) is 20.7. The van der Waals surface area contributed by atoms with Crippen LogP contribution >= 0.6 is 7.60 Å². The zero-order valence-corrected chi connectivity index (χ0v) is 41.0. The Hall–Kier alpha value is -1.80. The molecule has 0 aliphatic carbocycles. The van der Waals surface area contributed by atoms with E-state index in [4.69, 9.17) is 18.7 Å². The summed E-state index contributed by atoms with van der Waals surface area (Å²) in [5.41, 5.74) is -2.22. The van der Waals surface area contributed by atoms with Crippen molar-refractivity contribution in [2.24, 2.45) is 0 Å². The molecule has 2 aromatic heterocycles.